The lowest BCUT2D eigenvalue weighted by Crippen LogP contribution is -2.32. The van der Waals surface area contributed by atoms with Crippen molar-refractivity contribution in [2.45, 2.75) is 31.4 Å². The molecule has 0 radical (unpaired) electrons. The van der Waals surface area contributed by atoms with Crippen LogP contribution < -0.4 is 5.32 Å². The maximum Gasteiger partial charge on any atom is 0.100 e. The minimum atomic E-state index is 0.0526. The van der Waals surface area contributed by atoms with Gasteiger partial charge in [-0.25, -0.2) is 0 Å². The second kappa shape index (κ2) is 5.06. The predicted molar refractivity (Wildman–Crippen MR) is 72.2 cm³/mol. The van der Waals surface area contributed by atoms with Gasteiger partial charge in [0.15, 0.2) is 0 Å². The van der Waals surface area contributed by atoms with Crippen LogP contribution in [0, 0.1) is 5.92 Å². The fourth-order valence-electron chi connectivity index (χ4n) is 2.83. The van der Waals surface area contributed by atoms with Crippen LogP contribution in [0.25, 0.3) is 0 Å². The van der Waals surface area contributed by atoms with Crippen LogP contribution in [0.3, 0.4) is 0 Å². The Morgan fingerprint density at radius 3 is 3.00 bits per heavy atom. The average Bonchev–Trinajstić information content (AvgIpc) is 2.81. The van der Waals surface area contributed by atoms with Crippen molar-refractivity contribution in [3.05, 3.63) is 20.3 Å². The van der Waals surface area contributed by atoms with E-state index in [1.165, 1.54) is 30.6 Å². The molecule has 17 heavy (non-hydrogen) atoms. The van der Waals surface area contributed by atoms with Crippen molar-refractivity contribution in [1.82, 2.24) is 5.32 Å². The molecule has 1 aromatic rings. The topological polar surface area (TPSA) is 21.3 Å². The van der Waals surface area contributed by atoms with Crippen molar-refractivity contribution in [2.24, 2.45) is 5.92 Å². The van der Waals surface area contributed by atoms with E-state index in [4.69, 9.17) is 27.9 Å². The van der Waals surface area contributed by atoms with Crippen LogP contribution in [-0.4, -0.2) is 19.2 Å². The number of fused-ring (bicyclic) bond motifs is 1. The summed E-state index contributed by atoms with van der Waals surface area (Å²) in [6, 6.07) is 2.56. The van der Waals surface area contributed by atoms with E-state index >= 15 is 0 Å². The fourth-order valence-corrected chi connectivity index (χ4v) is 4.39. The first-order chi connectivity index (χ1) is 8.24. The van der Waals surface area contributed by atoms with Crippen molar-refractivity contribution in [3.8, 4) is 0 Å². The lowest BCUT2D eigenvalue weighted by molar-refractivity contribution is 0.0477. The Labute approximate surface area is 115 Å². The third-order valence-corrected chi connectivity index (χ3v) is 5.28. The standard InChI is InChI=1S/C12H15Cl2NOS/c13-11-4-8(12(14)17-11)10-5-15-9-3-1-2-7(9)6-16-10/h4,7,9-10,15H,1-3,5-6H2. The van der Waals surface area contributed by atoms with E-state index in [0.717, 1.165) is 27.4 Å². The van der Waals surface area contributed by atoms with Crippen molar-refractivity contribution in [2.75, 3.05) is 13.2 Å². The molecule has 3 atom stereocenters. The van der Waals surface area contributed by atoms with Crippen molar-refractivity contribution in [3.63, 3.8) is 0 Å². The summed E-state index contributed by atoms with van der Waals surface area (Å²) in [6.07, 6.45) is 3.93. The Balaban J connectivity index is 1.75. The zero-order chi connectivity index (χ0) is 11.8. The van der Waals surface area contributed by atoms with Gasteiger partial charge in [0.05, 0.1) is 17.0 Å². The lowest BCUT2D eigenvalue weighted by atomic mass is 10.1. The molecule has 2 aliphatic rings. The van der Waals surface area contributed by atoms with Crippen LogP contribution in [0.1, 0.15) is 30.9 Å². The van der Waals surface area contributed by atoms with Crippen LogP contribution in [0.5, 0.6) is 0 Å². The summed E-state index contributed by atoms with van der Waals surface area (Å²) in [5, 5.41) is 3.61. The molecule has 0 aromatic carbocycles. The molecule has 2 nitrogen and oxygen atoms in total. The fraction of sp³-hybridized carbons (Fsp3) is 0.667. The number of hydrogen-bond donors (Lipinski definition) is 1. The van der Waals surface area contributed by atoms with Gasteiger partial charge < -0.3 is 10.1 Å². The molecule has 0 bridgehead atoms. The molecule has 1 saturated heterocycles. The lowest BCUT2D eigenvalue weighted by Gasteiger charge is -2.15. The van der Waals surface area contributed by atoms with Gasteiger partial charge >= 0.3 is 0 Å². The Morgan fingerprint density at radius 2 is 2.24 bits per heavy atom. The van der Waals surface area contributed by atoms with E-state index in [2.05, 4.69) is 5.32 Å². The monoisotopic (exact) mass is 291 g/mol. The highest BCUT2D eigenvalue weighted by molar-refractivity contribution is 7.20. The molecule has 2 heterocycles. The maximum absolute atomic E-state index is 6.18. The van der Waals surface area contributed by atoms with E-state index in [1.54, 1.807) is 0 Å². The van der Waals surface area contributed by atoms with E-state index in [9.17, 15) is 0 Å². The highest BCUT2D eigenvalue weighted by atomic mass is 35.5. The Morgan fingerprint density at radius 1 is 1.35 bits per heavy atom. The molecule has 0 spiro atoms. The SMILES string of the molecule is Clc1cc(C2CNC3CCCC3CO2)c(Cl)s1. The van der Waals surface area contributed by atoms with Gasteiger partial charge in [-0.15, -0.1) is 11.3 Å². The van der Waals surface area contributed by atoms with Gasteiger partial charge in [0.25, 0.3) is 0 Å². The normalized spacial score (nSPS) is 33.4. The summed E-state index contributed by atoms with van der Waals surface area (Å²) < 4.78 is 7.49. The second-order valence-corrected chi connectivity index (χ2v) is 7.09. The predicted octanol–water partition coefficient (Wildman–Crippen LogP) is 3.88. The highest BCUT2D eigenvalue weighted by Gasteiger charge is 2.32. The molecule has 2 fully saturated rings. The zero-order valence-electron chi connectivity index (χ0n) is 9.42. The Kier molecular flexibility index (Phi) is 3.64. The van der Waals surface area contributed by atoms with Gasteiger partial charge in [-0.3, -0.25) is 0 Å². The van der Waals surface area contributed by atoms with Gasteiger partial charge in [0.1, 0.15) is 4.34 Å². The highest BCUT2D eigenvalue weighted by Crippen LogP contribution is 2.38. The molecule has 1 aromatic heterocycles. The summed E-state index contributed by atoms with van der Waals surface area (Å²) in [4.78, 5) is 0. The summed E-state index contributed by atoms with van der Waals surface area (Å²) in [5.41, 5.74) is 1.04. The third-order valence-electron chi connectivity index (χ3n) is 3.77. The molecule has 5 heteroatoms. The quantitative estimate of drug-likeness (QED) is 0.848. The van der Waals surface area contributed by atoms with Gasteiger partial charge in [-0.05, 0) is 24.8 Å². The Hall–Kier alpha value is 0.200. The van der Waals surface area contributed by atoms with Crippen molar-refractivity contribution >= 4 is 34.5 Å². The first-order valence-electron chi connectivity index (χ1n) is 6.04. The number of nitrogens with one attached hydrogen (secondary N) is 1. The van der Waals surface area contributed by atoms with E-state index in [-0.39, 0.29) is 6.10 Å². The maximum atomic E-state index is 6.18. The Bertz CT molecular complexity index is 395. The molecule has 3 unspecified atom stereocenters. The largest absolute Gasteiger partial charge is 0.372 e. The third kappa shape index (κ3) is 2.49. The minimum Gasteiger partial charge on any atom is -0.372 e. The van der Waals surface area contributed by atoms with Gasteiger partial charge in [0, 0.05) is 18.2 Å². The van der Waals surface area contributed by atoms with Crippen molar-refractivity contribution in [1.29, 1.82) is 0 Å². The van der Waals surface area contributed by atoms with Crippen molar-refractivity contribution < 1.29 is 4.74 Å². The molecule has 94 valence electrons. The molecule has 0 amide bonds. The molecule has 1 aliphatic heterocycles. The smallest absolute Gasteiger partial charge is 0.100 e. The van der Waals surface area contributed by atoms with Crippen LogP contribution in [0.4, 0.5) is 0 Å². The first kappa shape index (κ1) is 12.2. The van der Waals surface area contributed by atoms with E-state index < -0.39 is 0 Å². The average molecular weight is 292 g/mol. The van der Waals surface area contributed by atoms with E-state index in [0.29, 0.717) is 12.0 Å². The number of ether oxygens (including phenoxy) is 1. The van der Waals surface area contributed by atoms with Gasteiger partial charge in [-0.2, -0.15) is 0 Å². The molecule has 1 N–H and O–H groups in total. The first-order valence-corrected chi connectivity index (χ1v) is 7.61. The summed E-state index contributed by atoms with van der Waals surface area (Å²) in [5.74, 6) is 0.674. The van der Waals surface area contributed by atoms with E-state index in [1.807, 2.05) is 6.07 Å². The summed E-state index contributed by atoms with van der Waals surface area (Å²) in [7, 11) is 0. The molecular weight excluding hydrogens is 277 g/mol. The molecule has 3 rings (SSSR count). The number of halogens is 2. The van der Waals surface area contributed by atoms with Gasteiger partial charge in [-0.1, -0.05) is 29.6 Å². The van der Waals surface area contributed by atoms with Gasteiger partial charge in [0.2, 0.25) is 0 Å². The van der Waals surface area contributed by atoms with Crippen LogP contribution in [-0.2, 0) is 4.74 Å². The zero-order valence-corrected chi connectivity index (χ0v) is 11.7. The van der Waals surface area contributed by atoms with Crippen LogP contribution in [0.15, 0.2) is 6.07 Å². The second-order valence-electron chi connectivity index (χ2n) is 4.81. The van der Waals surface area contributed by atoms with Crippen LogP contribution >= 0.6 is 34.5 Å². The molecular formula is C12H15Cl2NOS. The molecule has 1 saturated carbocycles. The number of hydrogen-bond acceptors (Lipinski definition) is 3. The summed E-state index contributed by atoms with van der Waals surface area (Å²) in [6.45, 7) is 1.68. The number of thiophene rings is 1. The molecule has 1 aliphatic carbocycles. The summed E-state index contributed by atoms with van der Waals surface area (Å²) >= 11 is 13.6. The number of rotatable bonds is 1. The minimum absolute atomic E-state index is 0.0526. The van der Waals surface area contributed by atoms with Crippen LogP contribution in [0.2, 0.25) is 8.67 Å².